The van der Waals surface area contributed by atoms with E-state index in [1.807, 2.05) is 52.0 Å². The standard InChI is InChI=1S/C21H17F3N4O3.2C2H6/c1-12-9-13(5-6-17(12)30-11-21(22,23)24)20-26-19(27-31-20)15-3-2-4-16-14(15)7-8-28(16)10-18(25)29;2*1-2/h2-9H,10-11H2,1H3,(H2,25,29);2*1-2H3. The number of ether oxygens (including phenoxy) is 1. The van der Waals surface area contributed by atoms with Crippen LogP contribution in [0, 0.1) is 6.92 Å². The third-order valence-corrected chi connectivity index (χ3v) is 4.62. The second-order valence-electron chi connectivity index (χ2n) is 6.96. The highest BCUT2D eigenvalue weighted by molar-refractivity contribution is 5.94. The van der Waals surface area contributed by atoms with E-state index in [-0.39, 0.29) is 18.2 Å². The Kier molecular flexibility index (Phi) is 9.44. The van der Waals surface area contributed by atoms with E-state index < -0.39 is 18.7 Å². The Morgan fingerprint density at radius 1 is 1.11 bits per heavy atom. The normalized spacial score (nSPS) is 10.7. The number of fused-ring (bicyclic) bond motifs is 1. The molecule has 2 aromatic carbocycles. The van der Waals surface area contributed by atoms with Crippen LogP contribution in [0.2, 0.25) is 0 Å². The number of hydrogen-bond donors (Lipinski definition) is 1. The molecule has 188 valence electrons. The molecule has 0 aliphatic carbocycles. The minimum atomic E-state index is -4.41. The maximum Gasteiger partial charge on any atom is 0.422 e. The molecule has 2 heterocycles. The number of benzene rings is 2. The van der Waals surface area contributed by atoms with Crippen LogP contribution in [0.4, 0.5) is 13.2 Å². The number of primary amides is 1. The van der Waals surface area contributed by atoms with Crippen molar-refractivity contribution in [2.45, 2.75) is 47.3 Å². The SMILES string of the molecule is CC.CC.Cc1cc(-c2nc(-c3cccc4c3ccn4CC(N)=O)no2)ccc1OCC(F)(F)F. The third kappa shape index (κ3) is 6.84. The molecule has 0 saturated carbocycles. The average molecular weight is 491 g/mol. The summed E-state index contributed by atoms with van der Waals surface area (Å²) in [7, 11) is 0. The van der Waals surface area contributed by atoms with Crippen molar-refractivity contribution in [3.63, 3.8) is 0 Å². The molecule has 0 atom stereocenters. The number of halogens is 3. The van der Waals surface area contributed by atoms with Gasteiger partial charge in [-0.3, -0.25) is 4.79 Å². The molecular weight excluding hydrogens is 461 g/mol. The summed E-state index contributed by atoms with van der Waals surface area (Å²) in [4.78, 5) is 15.7. The van der Waals surface area contributed by atoms with Gasteiger partial charge >= 0.3 is 6.18 Å². The summed E-state index contributed by atoms with van der Waals surface area (Å²) < 4.78 is 49.0. The first kappa shape index (κ1) is 27.4. The smallest absolute Gasteiger partial charge is 0.422 e. The molecule has 35 heavy (non-hydrogen) atoms. The summed E-state index contributed by atoms with van der Waals surface area (Å²) in [6.45, 7) is 8.32. The van der Waals surface area contributed by atoms with E-state index in [9.17, 15) is 18.0 Å². The van der Waals surface area contributed by atoms with Gasteiger partial charge in [-0.1, -0.05) is 45.0 Å². The molecule has 0 fully saturated rings. The topological polar surface area (TPSA) is 96.2 Å². The summed E-state index contributed by atoms with van der Waals surface area (Å²) >= 11 is 0. The molecular formula is C25H29F3N4O3. The van der Waals surface area contributed by atoms with Crippen LogP contribution in [0.15, 0.2) is 53.2 Å². The molecule has 0 radical (unpaired) electrons. The number of amides is 1. The van der Waals surface area contributed by atoms with Crippen LogP contribution in [0.3, 0.4) is 0 Å². The fourth-order valence-electron chi connectivity index (χ4n) is 3.28. The van der Waals surface area contributed by atoms with E-state index in [1.54, 1.807) is 29.8 Å². The van der Waals surface area contributed by atoms with Crippen molar-refractivity contribution >= 4 is 16.8 Å². The summed E-state index contributed by atoms with van der Waals surface area (Å²) in [5, 5.41) is 4.86. The fraction of sp³-hybridized carbons (Fsp3) is 0.320. The number of rotatable bonds is 6. The summed E-state index contributed by atoms with van der Waals surface area (Å²) in [6, 6.07) is 11.9. The molecule has 0 aliphatic heterocycles. The highest BCUT2D eigenvalue weighted by atomic mass is 19.4. The first-order chi connectivity index (χ1) is 16.7. The zero-order valence-electron chi connectivity index (χ0n) is 20.3. The number of carbonyl (C=O) groups is 1. The van der Waals surface area contributed by atoms with Crippen molar-refractivity contribution in [3.8, 4) is 28.6 Å². The van der Waals surface area contributed by atoms with Gasteiger partial charge in [0.15, 0.2) is 6.61 Å². The van der Waals surface area contributed by atoms with Crippen molar-refractivity contribution in [1.29, 1.82) is 0 Å². The predicted molar refractivity (Wildman–Crippen MR) is 129 cm³/mol. The lowest BCUT2D eigenvalue weighted by Crippen LogP contribution is -2.19. The molecule has 2 aromatic heterocycles. The average Bonchev–Trinajstić information content (AvgIpc) is 3.48. The second-order valence-corrected chi connectivity index (χ2v) is 6.96. The van der Waals surface area contributed by atoms with Crippen LogP contribution in [-0.4, -0.2) is 33.4 Å². The van der Waals surface area contributed by atoms with Crippen molar-refractivity contribution < 1.29 is 27.2 Å². The lowest BCUT2D eigenvalue weighted by atomic mass is 10.1. The quantitative estimate of drug-likeness (QED) is 0.350. The Labute approximate surface area is 201 Å². The van der Waals surface area contributed by atoms with Crippen molar-refractivity contribution in [2.75, 3.05) is 6.61 Å². The molecule has 7 nitrogen and oxygen atoms in total. The van der Waals surface area contributed by atoms with Crippen LogP contribution in [-0.2, 0) is 11.3 Å². The first-order valence-electron chi connectivity index (χ1n) is 11.2. The van der Waals surface area contributed by atoms with E-state index in [4.69, 9.17) is 15.0 Å². The van der Waals surface area contributed by atoms with Gasteiger partial charge < -0.3 is 19.6 Å². The van der Waals surface area contributed by atoms with Gasteiger partial charge in [-0.15, -0.1) is 0 Å². The maximum absolute atomic E-state index is 12.4. The fourth-order valence-corrected chi connectivity index (χ4v) is 3.28. The zero-order chi connectivity index (χ0) is 26.2. The van der Waals surface area contributed by atoms with E-state index >= 15 is 0 Å². The zero-order valence-corrected chi connectivity index (χ0v) is 20.3. The van der Waals surface area contributed by atoms with Crippen LogP contribution < -0.4 is 10.5 Å². The number of alkyl halides is 3. The molecule has 2 N–H and O–H groups in total. The van der Waals surface area contributed by atoms with Gasteiger partial charge in [-0.2, -0.15) is 18.2 Å². The van der Waals surface area contributed by atoms with Gasteiger partial charge in [0.25, 0.3) is 5.89 Å². The monoisotopic (exact) mass is 490 g/mol. The first-order valence-corrected chi connectivity index (χ1v) is 11.2. The van der Waals surface area contributed by atoms with Gasteiger partial charge in [0.2, 0.25) is 11.7 Å². The van der Waals surface area contributed by atoms with Gasteiger partial charge in [-0.05, 0) is 42.8 Å². The minimum Gasteiger partial charge on any atom is -0.484 e. The molecule has 0 spiro atoms. The highest BCUT2D eigenvalue weighted by Crippen LogP contribution is 2.31. The summed E-state index contributed by atoms with van der Waals surface area (Å²) in [5.74, 6) is 0.227. The number of aryl methyl sites for hydroxylation is 1. The van der Waals surface area contributed by atoms with Gasteiger partial charge in [0.05, 0.1) is 0 Å². The highest BCUT2D eigenvalue weighted by Gasteiger charge is 2.28. The minimum absolute atomic E-state index is 0.0481. The summed E-state index contributed by atoms with van der Waals surface area (Å²) in [6.07, 6.45) is -2.66. The molecule has 0 unspecified atom stereocenters. The number of hydrogen-bond acceptors (Lipinski definition) is 5. The van der Waals surface area contributed by atoms with E-state index in [1.165, 1.54) is 6.07 Å². The second kappa shape index (κ2) is 12.0. The van der Waals surface area contributed by atoms with E-state index in [0.717, 1.165) is 10.9 Å². The lowest BCUT2D eigenvalue weighted by molar-refractivity contribution is -0.153. The lowest BCUT2D eigenvalue weighted by Gasteiger charge is -2.11. The van der Waals surface area contributed by atoms with E-state index in [0.29, 0.717) is 22.5 Å². The van der Waals surface area contributed by atoms with Crippen LogP contribution >= 0.6 is 0 Å². The Hall–Kier alpha value is -3.82. The van der Waals surface area contributed by atoms with Crippen LogP contribution in [0.5, 0.6) is 5.75 Å². The molecule has 4 rings (SSSR count). The van der Waals surface area contributed by atoms with Crippen molar-refractivity contribution in [2.24, 2.45) is 5.73 Å². The van der Waals surface area contributed by atoms with Crippen LogP contribution in [0.1, 0.15) is 33.3 Å². The Bertz CT molecular complexity index is 1260. The van der Waals surface area contributed by atoms with Gasteiger partial charge in [-0.25, -0.2) is 0 Å². The molecule has 1 amide bonds. The number of aromatic nitrogens is 3. The molecule has 0 bridgehead atoms. The Morgan fingerprint density at radius 2 is 1.83 bits per heavy atom. The molecule has 10 heteroatoms. The molecule has 4 aromatic rings. The number of carbonyl (C=O) groups excluding carboxylic acids is 1. The predicted octanol–water partition coefficient (Wildman–Crippen LogP) is 6.15. The third-order valence-electron chi connectivity index (χ3n) is 4.62. The van der Waals surface area contributed by atoms with Gasteiger partial charge in [0, 0.05) is 28.2 Å². The van der Waals surface area contributed by atoms with Crippen LogP contribution in [0.25, 0.3) is 33.7 Å². The molecule has 0 aliphatic rings. The number of nitrogens with two attached hydrogens (primary N) is 1. The maximum atomic E-state index is 12.4. The Morgan fingerprint density at radius 3 is 2.46 bits per heavy atom. The van der Waals surface area contributed by atoms with Gasteiger partial charge in [0.1, 0.15) is 12.3 Å². The Balaban J connectivity index is 0.00000103. The number of nitrogens with zero attached hydrogens (tertiary/aromatic N) is 3. The largest absolute Gasteiger partial charge is 0.484 e. The van der Waals surface area contributed by atoms with E-state index in [2.05, 4.69) is 10.1 Å². The van der Waals surface area contributed by atoms with Crippen molar-refractivity contribution in [1.82, 2.24) is 14.7 Å². The summed E-state index contributed by atoms with van der Waals surface area (Å²) in [5.41, 5.74) is 7.85. The molecule has 0 saturated heterocycles. The van der Waals surface area contributed by atoms with Crippen molar-refractivity contribution in [3.05, 3.63) is 54.2 Å².